The Morgan fingerprint density at radius 2 is 0.739 bits per heavy atom. The molecule has 0 saturated heterocycles. The summed E-state index contributed by atoms with van der Waals surface area (Å²) in [5, 5.41) is 0. The summed E-state index contributed by atoms with van der Waals surface area (Å²) >= 11 is 1.24. The van der Waals surface area contributed by atoms with Gasteiger partial charge in [0.2, 0.25) is 0 Å². The zero-order chi connectivity index (χ0) is 17.7. The average Bonchev–Trinajstić information content (AvgIpc) is 2.81. The molecule has 0 nitrogen and oxygen atoms in total. The van der Waals surface area contributed by atoms with Crippen molar-refractivity contribution >= 4 is 0 Å². The molecule has 0 N–H and O–H groups in total. The van der Waals surface area contributed by atoms with E-state index in [9.17, 15) is 0 Å². The van der Waals surface area contributed by atoms with Gasteiger partial charge in [0.05, 0.1) is 0 Å². The Balaban J connectivity index is 2.65. The van der Waals surface area contributed by atoms with E-state index >= 15 is 0 Å². The Kier molecular flexibility index (Phi) is 4.98. The van der Waals surface area contributed by atoms with Crippen LogP contribution in [-0.2, 0) is 15.0 Å². The second-order valence-corrected chi connectivity index (χ2v) is 9.52. The van der Waals surface area contributed by atoms with Crippen LogP contribution in [0.4, 0.5) is 0 Å². The second-order valence-electron chi connectivity index (χ2n) is 7.36. The van der Waals surface area contributed by atoms with Crippen LogP contribution in [0.1, 0.15) is 82.1 Å². The van der Waals surface area contributed by atoms with Crippen LogP contribution in [0.25, 0.3) is 0 Å². The molecule has 2 aliphatic carbocycles. The number of allylic oxidation sites excluding steroid dienone is 8. The topological polar surface area (TPSA) is 0 Å². The third-order valence-corrected chi connectivity index (χ3v) is 10.4. The number of hydrogen-bond donors (Lipinski definition) is 0. The maximum atomic E-state index is 2.38. The Labute approximate surface area is 150 Å². The van der Waals surface area contributed by atoms with Gasteiger partial charge >= 0.3 is 150 Å². The van der Waals surface area contributed by atoms with E-state index in [0.29, 0.717) is 0 Å². The SMILES string of the molecule is CC[C]1([Fe][C]2(CC)C(C)=C(C)C(C)=C2C)C(C)=C(C)C(C)=C1C. The Morgan fingerprint density at radius 3 is 0.913 bits per heavy atom. The van der Waals surface area contributed by atoms with Gasteiger partial charge in [-0.3, -0.25) is 0 Å². The van der Waals surface area contributed by atoms with Crippen LogP contribution in [0.2, 0.25) is 8.63 Å². The van der Waals surface area contributed by atoms with Crippen LogP contribution >= 0.6 is 0 Å². The van der Waals surface area contributed by atoms with Crippen LogP contribution in [0.15, 0.2) is 44.6 Å². The summed E-state index contributed by atoms with van der Waals surface area (Å²) in [7, 11) is 0. The molecule has 0 heterocycles. The molecular weight excluding hydrogens is 320 g/mol. The molecule has 0 spiro atoms. The van der Waals surface area contributed by atoms with Gasteiger partial charge in [0.25, 0.3) is 0 Å². The van der Waals surface area contributed by atoms with Gasteiger partial charge in [0.15, 0.2) is 0 Å². The van der Waals surface area contributed by atoms with E-state index in [2.05, 4.69) is 69.2 Å². The molecule has 2 aliphatic rings. The molecule has 0 saturated carbocycles. The predicted octanol–water partition coefficient (Wildman–Crippen LogP) is 7.58. The van der Waals surface area contributed by atoms with Crippen molar-refractivity contribution in [2.24, 2.45) is 0 Å². The van der Waals surface area contributed by atoms with E-state index in [1.807, 2.05) is 0 Å². The summed E-state index contributed by atoms with van der Waals surface area (Å²) < 4.78 is 0.495. The van der Waals surface area contributed by atoms with Gasteiger partial charge in [-0.15, -0.1) is 0 Å². The van der Waals surface area contributed by atoms with E-state index < -0.39 is 0 Å². The molecule has 0 bridgehead atoms. The quantitative estimate of drug-likeness (QED) is 0.456. The number of hydrogen-bond acceptors (Lipinski definition) is 0. The van der Waals surface area contributed by atoms with Gasteiger partial charge < -0.3 is 0 Å². The Hall–Kier alpha value is -0.521. The monoisotopic (exact) mass is 354 g/mol. The van der Waals surface area contributed by atoms with Gasteiger partial charge in [0.1, 0.15) is 0 Å². The Morgan fingerprint density at radius 1 is 0.522 bits per heavy atom. The average molecular weight is 354 g/mol. The first-order valence-electron chi connectivity index (χ1n) is 8.97. The van der Waals surface area contributed by atoms with E-state index in [1.54, 1.807) is 22.3 Å². The van der Waals surface area contributed by atoms with Crippen molar-refractivity contribution in [1.29, 1.82) is 0 Å². The molecule has 130 valence electrons. The van der Waals surface area contributed by atoms with Crippen LogP contribution < -0.4 is 0 Å². The fraction of sp³-hybridized carbons (Fsp3) is 0.636. The normalized spacial score (nSPS) is 23.9. The molecule has 1 heteroatoms. The van der Waals surface area contributed by atoms with Gasteiger partial charge in [-0.25, -0.2) is 0 Å². The van der Waals surface area contributed by atoms with Gasteiger partial charge in [-0.2, -0.15) is 0 Å². The standard InChI is InChI=1S/2C11H17.Fe/c2*1-6-11-9(4)7(2)8(3)10(11)5;/h2*6H2,1-5H3;. The summed E-state index contributed by atoms with van der Waals surface area (Å²) in [5.41, 5.74) is 12.6. The van der Waals surface area contributed by atoms with Crippen molar-refractivity contribution in [3.05, 3.63) is 44.6 Å². The van der Waals surface area contributed by atoms with Crippen molar-refractivity contribution < 1.29 is 15.0 Å². The van der Waals surface area contributed by atoms with Crippen molar-refractivity contribution in [2.75, 3.05) is 0 Å². The maximum absolute atomic E-state index is 2.38. The van der Waals surface area contributed by atoms with Crippen molar-refractivity contribution in [3.63, 3.8) is 0 Å². The Bertz CT molecular complexity index is 558. The summed E-state index contributed by atoms with van der Waals surface area (Å²) in [5.74, 6) is 0. The molecule has 0 aromatic carbocycles. The summed E-state index contributed by atoms with van der Waals surface area (Å²) in [6, 6.07) is 0. The van der Waals surface area contributed by atoms with E-state index in [-0.39, 0.29) is 8.63 Å². The zero-order valence-corrected chi connectivity index (χ0v) is 17.9. The first-order valence-corrected chi connectivity index (χ1v) is 10.1. The molecule has 0 fully saturated rings. The van der Waals surface area contributed by atoms with Crippen molar-refractivity contribution in [1.82, 2.24) is 0 Å². The molecule has 0 unspecified atom stereocenters. The summed E-state index contributed by atoms with van der Waals surface area (Å²) in [6.45, 7) is 23.6. The third-order valence-electron chi connectivity index (χ3n) is 6.97. The fourth-order valence-corrected chi connectivity index (χ4v) is 7.42. The van der Waals surface area contributed by atoms with Crippen LogP contribution in [0, 0.1) is 0 Å². The van der Waals surface area contributed by atoms with Crippen LogP contribution in [0.3, 0.4) is 0 Å². The third kappa shape index (κ3) is 2.30. The molecule has 0 aromatic rings. The molecule has 2 rings (SSSR count). The van der Waals surface area contributed by atoms with E-state index in [0.717, 1.165) is 0 Å². The van der Waals surface area contributed by atoms with Crippen molar-refractivity contribution in [2.45, 2.75) is 90.7 Å². The molecular formula is C22H34Fe. The molecule has 0 amide bonds. The molecule has 0 aromatic heterocycles. The first kappa shape index (κ1) is 18.8. The molecule has 0 aliphatic heterocycles. The first-order chi connectivity index (χ1) is 10.6. The van der Waals surface area contributed by atoms with E-state index in [1.165, 1.54) is 50.1 Å². The molecule has 23 heavy (non-hydrogen) atoms. The molecule has 0 radical (unpaired) electrons. The van der Waals surface area contributed by atoms with Crippen LogP contribution in [0.5, 0.6) is 0 Å². The number of rotatable bonds is 4. The minimum absolute atomic E-state index is 0.248. The molecule has 0 atom stereocenters. The predicted molar refractivity (Wildman–Crippen MR) is 99.5 cm³/mol. The second kappa shape index (κ2) is 6.08. The zero-order valence-electron chi connectivity index (χ0n) is 16.8. The fourth-order valence-electron chi connectivity index (χ4n) is 4.57. The van der Waals surface area contributed by atoms with Gasteiger partial charge in [-0.1, -0.05) is 0 Å². The summed E-state index contributed by atoms with van der Waals surface area (Å²) in [6.07, 6.45) is 2.42. The van der Waals surface area contributed by atoms with Crippen LogP contribution in [-0.4, -0.2) is 0 Å². The minimum atomic E-state index is 0.248. The summed E-state index contributed by atoms with van der Waals surface area (Å²) in [4.78, 5) is 0. The van der Waals surface area contributed by atoms with Crippen molar-refractivity contribution in [3.8, 4) is 0 Å². The van der Waals surface area contributed by atoms with Gasteiger partial charge in [-0.05, 0) is 0 Å². The van der Waals surface area contributed by atoms with E-state index in [4.69, 9.17) is 0 Å². The van der Waals surface area contributed by atoms with Gasteiger partial charge in [0, 0.05) is 0 Å².